The van der Waals surface area contributed by atoms with Gasteiger partial charge in [0.1, 0.15) is 10.7 Å². The fourth-order valence-electron chi connectivity index (χ4n) is 1.43. The number of carboxylic acid groups (broad SMARTS) is 1. The van der Waals surface area contributed by atoms with Crippen LogP contribution in [0.5, 0.6) is 0 Å². The second-order valence-electron chi connectivity index (χ2n) is 4.35. The molecule has 0 fully saturated rings. The van der Waals surface area contributed by atoms with Gasteiger partial charge in [0, 0.05) is 6.07 Å². The van der Waals surface area contributed by atoms with Crippen molar-refractivity contribution in [3.63, 3.8) is 0 Å². The van der Waals surface area contributed by atoms with E-state index >= 15 is 0 Å². The standard InChI is InChI=1S/C12H15NO5S/c1-5-9(7(2)3)13-19(16,17)11-6-10(12(14)15)18-8(11)4/h1,6-7,9,13H,2-4H3,(H,14,15). The van der Waals surface area contributed by atoms with E-state index in [1.165, 1.54) is 6.92 Å². The van der Waals surface area contributed by atoms with Crippen LogP contribution in [0.2, 0.25) is 0 Å². The molecule has 0 aliphatic heterocycles. The zero-order valence-corrected chi connectivity index (χ0v) is 11.6. The molecular weight excluding hydrogens is 270 g/mol. The molecule has 2 N–H and O–H groups in total. The first kappa shape index (κ1) is 15.3. The van der Waals surface area contributed by atoms with Crippen molar-refractivity contribution in [2.75, 3.05) is 0 Å². The van der Waals surface area contributed by atoms with E-state index in [1.54, 1.807) is 13.8 Å². The number of carboxylic acids is 1. The highest BCUT2D eigenvalue weighted by atomic mass is 32.2. The van der Waals surface area contributed by atoms with Gasteiger partial charge in [-0.15, -0.1) is 6.42 Å². The number of aromatic carboxylic acids is 1. The molecule has 1 aromatic heterocycles. The van der Waals surface area contributed by atoms with Gasteiger partial charge in [0.2, 0.25) is 15.8 Å². The van der Waals surface area contributed by atoms with Crippen molar-refractivity contribution in [2.24, 2.45) is 5.92 Å². The highest BCUT2D eigenvalue weighted by molar-refractivity contribution is 7.89. The first-order valence-corrected chi connectivity index (χ1v) is 6.99. The maximum Gasteiger partial charge on any atom is 0.371 e. The minimum Gasteiger partial charge on any atom is -0.475 e. The summed E-state index contributed by atoms with van der Waals surface area (Å²) in [5, 5.41) is 8.76. The van der Waals surface area contributed by atoms with Gasteiger partial charge in [-0.2, -0.15) is 4.72 Å². The first-order valence-electron chi connectivity index (χ1n) is 5.51. The molecule has 0 spiro atoms. The van der Waals surface area contributed by atoms with E-state index in [2.05, 4.69) is 10.6 Å². The highest BCUT2D eigenvalue weighted by Crippen LogP contribution is 2.20. The monoisotopic (exact) mass is 285 g/mol. The number of hydrogen-bond donors (Lipinski definition) is 2. The lowest BCUT2D eigenvalue weighted by Gasteiger charge is -2.16. The summed E-state index contributed by atoms with van der Waals surface area (Å²) in [6.45, 7) is 4.93. The summed E-state index contributed by atoms with van der Waals surface area (Å²) in [5.41, 5.74) is 0. The predicted molar refractivity (Wildman–Crippen MR) is 68.2 cm³/mol. The average Bonchev–Trinajstić information content (AvgIpc) is 2.68. The van der Waals surface area contributed by atoms with Crippen molar-refractivity contribution in [1.29, 1.82) is 0 Å². The molecule has 19 heavy (non-hydrogen) atoms. The molecule has 1 heterocycles. The molecule has 0 saturated carbocycles. The third-order valence-electron chi connectivity index (χ3n) is 2.50. The van der Waals surface area contributed by atoms with E-state index in [-0.39, 0.29) is 16.6 Å². The molecule has 104 valence electrons. The van der Waals surface area contributed by atoms with Crippen LogP contribution in [-0.4, -0.2) is 25.5 Å². The van der Waals surface area contributed by atoms with E-state index in [9.17, 15) is 13.2 Å². The largest absolute Gasteiger partial charge is 0.475 e. The maximum absolute atomic E-state index is 12.1. The summed E-state index contributed by atoms with van der Waals surface area (Å²) in [6.07, 6.45) is 5.26. The minimum absolute atomic E-state index is 0.00410. The number of hydrogen-bond acceptors (Lipinski definition) is 4. The Hall–Kier alpha value is -1.78. The molecular formula is C12H15NO5S. The molecule has 0 bridgehead atoms. The Morgan fingerprint density at radius 2 is 2.11 bits per heavy atom. The van der Waals surface area contributed by atoms with E-state index in [1.807, 2.05) is 0 Å². The molecule has 1 atom stereocenters. The number of sulfonamides is 1. The van der Waals surface area contributed by atoms with Crippen molar-refractivity contribution >= 4 is 16.0 Å². The fourth-order valence-corrected chi connectivity index (χ4v) is 2.91. The Labute approximate surface area is 111 Å². The van der Waals surface area contributed by atoms with Crippen LogP contribution in [0, 0.1) is 25.2 Å². The summed E-state index contributed by atoms with van der Waals surface area (Å²) in [5.74, 6) is 0.489. The maximum atomic E-state index is 12.1. The van der Waals surface area contributed by atoms with Gasteiger partial charge in [0.15, 0.2) is 0 Å². The predicted octanol–water partition coefficient (Wildman–Crippen LogP) is 1.22. The van der Waals surface area contributed by atoms with Crippen LogP contribution in [0.25, 0.3) is 0 Å². The SMILES string of the molecule is C#CC(NS(=O)(=O)c1cc(C(=O)O)oc1C)C(C)C. The topological polar surface area (TPSA) is 96.6 Å². The molecule has 1 unspecified atom stereocenters. The minimum atomic E-state index is -3.91. The zero-order chi connectivity index (χ0) is 14.8. The Morgan fingerprint density at radius 1 is 1.53 bits per heavy atom. The van der Waals surface area contributed by atoms with E-state index in [0.29, 0.717) is 0 Å². The lowest BCUT2D eigenvalue weighted by molar-refractivity contribution is 0.0661. The Bertz CT molecular complexity index is 621. The Morgan fingerprint density at radius 3 is 2.47 bits per heavy atom. The van der Waals surface area contributed by atoms with E-state index in [4.69, 9.17) is 15.9 Å². The first-order chi connectivity index (χ1) is 8.69. The number of nitrogens with one attached hydrogen (secondary N) is 1. The third kappa shape index (κ3) is 3.36. The molecule has 7 heteroatoms. The van der Waals surface area contributed by atoms with Gasteiger partial charge in [0.25, 0.3) is 0 Å². The van der Waals surface area contributed by atoms with E-state index < -0.39 is 27.8 Å². The third-order valence-corrected chi connectivity index (χ3v) is 4.05. The quantitative estimate of drug-likeness (QED) is 0.793. The summed E-state index contributed by atoms with van der Waals surface area (Å²) >= 11 is 0. The number of rotatable bonds is 5. The lowest BCUT2D eigenvalue weighted by Crippen LogP contribution is -2.37. The van der Waals surface area contributed by atoms with Crippen molar-refractivity contribution in [3.8, 4) is 12.3 Å². The van der Waals surface area contributed by atoms with Crippen LogP contribution >= 0.6 is 0 Å². The zero-order valence-electron chi connectivity index (χ0n) is 10.8. The second-order valence-corrected chi connectivity index (χ2v) is 6.03. The van der Waals surface area contributed by atoms with Crippen LogP contribution in [0.1, 0.15) is 30.2 Å². The van der Waals surface area contributed by atoms with Gasteiger partial charge in [-0.05, 0) is 12.8 Å². The molecule has 0 saturated heterocycles. The van der Waals surface area contributed by atoms with Gasteiger partial charge in [-0.25, -0.2) is 13.2 Å². The summed E-state index contributed by atoms with van der Waals surface area (Å²) < 4.78 is 31.4. The van der Waals surface area contributed by atoms with Gasteiger partial charge < -0.3 is 9.52 Å². The second kappa shape index (κ2) is 5.47. The molecule has 6 nitrogen and oxygen atoms in total. The van der Waals surface area contributed by atoms with Crippen LogP contribution in [0.3, 0.4) is 0 Å². The summed E-state index contributed by atoms with van der Waals surface area (Å²) in [6, 6.07) is 0.293. The van der Waals surface area contributed by atoms with Gasteiger partial charge in [-0.3, -0.25) is 0 Å². The highest BCUT2D eigenvalue weighted by Gasteiger charge is 2.26. The molecule has 0 amide bonds. The Balaban J connectivity index is 3.14. The number of aryl methyl sites for hydroxylation is 1. The molecule has 0 aliphatic rings. The normalized spacial score (nSPS) is 13.2. The van der Waals surface area contributed by atoms with Crippen molar-refractivity contribution in [2.45, 2.75) is 31.7 Å². The number of carbonyl (C=O) groups is 1. The van der Waals surface area contributed by atoms with Crippen molar-refractivity contribution in [1.82, 2.24) is 4.72 Å². The molecule has 0 aliphatic carbocycles. The number of furan rings is 1. The van der Waals surface area contributed by atoms with E-state index in [0.717, 1.165) is 6.07 Å². The molecule has 1 rings (SSSR count). The van der Waals surface area contributed by atoms with Crippen LogP contribution in [0.4, 0.5) is 0 Å². The fraction of sp³-hybridized carbons (Fsp3) is 0.417. The van der Waals surface area contributed by atoms with Gasteiger partial charge in [-0.1, -0.05) is 19.8 Å². The Kier molecular flexibility index (Phi) is 4.39. The van der Waals surface area contributed by atoms with Crippen LogP contribution in [-0.2, 0) is 10.0 Å². The van der Waals surface area contributed by atoms with Crippen molar-refractivity contribution < 1.29 is 22.7 Å². The molecule has 1 aromatic rings. The van der Waals surface area contributed by atoms with Crippen LogP contribution in [0.15, 0.2) is 15.4 Å². The van der Waals surface area contributed by atoms with Gasteiger partial charge in [0.05, 0.1) is 6.04 Å². The lowest BCUT2D eigenvalue weighted by atomic mass is 10.1. The summed E-state index contributed by atoms with van der Waals surface area (Å²) in [4.78, 5) is 10.5. The molecule has 0 radical (unpaired) electrons. The van der Waals surface area contributed by atoms with Crippen LogP contribution < -0.4 is 4.72 Å². The molecule has 0 aromatic carbocycles. The van der Waals surface area contributed by atoms with Crippen molar-refractivity contribution in [3.05, 3.63) is 17.6 Å². The average molecular weight is 285 g/mol. The smallest absolute Gasteiger partial charge is 0.371 e. The summed E-state index contributed by atoms with van der Waals surface area (Å²) in [7, 11) is -3.91. The van der Waals surface area contributed by atoms with Gasteiger partial charge >= 0.3 is 5.97 Å². The number of terminal acetylenes is 1.